The zero-order valence-electron chi connectivity index (χ0n) is 8.32. The molecule has 0 rings (SSSR count). The topological polar surface area (TPSA) is 66.5 Å². The van der Waals surface area contributed by atoms with Gasteiger partial charge in [-0.15, -0.1) is 0 Å². The molecule has 0 radical (unpaired) electrons. The van der Waals surface area contributed by atoms with Crippen LogP contribution in [0, 0.1) is 0 Å². The zero-order chi connectivity index (χ0) is 10.1. The Morgan fingerprint density at radius 2 is 2.08 bits per heavy atom. The molecule has 0 aliphatic carbocycles. The van der Waals surface area contributed by atoms with Crippen molar-refractivity contribution in [3.63, 3.8) is 0 Å². The van der Waals surface area contributed by atoms with Gasteiger partial charge in [-0.2, -0.15) is 0 Å². The molecular weight excluding hydrogens is 166 g/mol. The number of aliphatic hydroxyl groups is 2. The third-order valence-electron chi connectivity index (χ3n) is 1.96. The van der Waals surface area contributed by atoms with E-state index in [-0.39, 0.29) is 6.61 Å². The molecular formula is C10H21NO2. The van der Waals surface area contributed by atoms with Gasteiger partial charge in [0.25, 0.3) is 0 Å². The highest BCUT2D eigenvalue weighted by molar-refractivity contribution is 4.93. The maximum atomic E-state index is 9.30. The molecule has 0 aliphatic heterocycles. The molecule has 0 spiro atoms. The van der Waals surface area contributed by atoms with Crippen LogP contribution in [-0.4, -0.2) is 29.0 Å². The highest BCUT2D eigenvalue weighted by atomic mass is 16.3. The van der Waals surface area contributed by atoms with Crippen molar-refractivity contribution in [2.24, 2.45) is 5.73 Å². The Hall–Kier alpha value is -0.380. The monoisotopic (exact) mass is 187 g/mol. The molecule has 3 heteroatoms. The fourth-order valence-electron chi connectivity index (χ4n) is 0.999. The van der Waals surface area contributed by atoms with Gasteiger partial charge in [0.1, 0.15) is 0 Å². The van der Waals surface area contributed by atoms with E-state index >= 15 is 0 Å². The van der Waals surface area contributed by atoms with Crippen LogP contribution in [0.3, 0.4) is 0 Å². The standard InChI is InChI=1S/C10H21NO2/c1-2-3-4-5-6-7-10(13)9(11)8-12/h6-7,9-10,12-13H,2-5,8,11H2,1H3. The molecule has 2 atom stereocenters. The molecule has 0 aromatic heterocycles. The molecule has 13 heavy (non-hydrogen) atoms. The van der Waals surface area contributed by atoms with Crippen molar-refractivity contribution in [2.75, 3.05) is 6.61 Å². The van der Waals surface area contributed by atoms with Gasteiger partial charge in [0.05, 0.1) is 18.8 Å². The fourth-order valence-corrected chi connectivity index (χ4v) is 0.999. The molecule has 0 fully saturated rings. The average Bonchev–Trinajstić information content (AvgIpc) is 2.16. The van der Waals surface area contributed by atoms with Crippen molar-refractivity contribution in [2.45, 2.75) is 44.8 Å². The Balaban J connectivity index is 3.47. The first-order chi connectivity index (χ1) is 6.22. The number of rotatable bonds is 7. The smallest absolute Gasteiger partial charge is 0.0894 e. The summed E-state index contributed by atoms with van der Waals surface area (Å²) in [5.41, 5.74) is 5.41. The molecule has 0 saturated heterocycles. The van der Waals surface area contributed by atoms with E-state index in [0.717, 1.165) is 12.8 Å². The molecule has 0 saturated carbocycles. The lowest BCUT2D eigenvalue weighted by atomic mass is 10.1. The summed E-state index contributed by atoms with van der Waals surface area (Å²) in [6.07, 6.45) is 7.41. The van der Waals surface area contributed by atoms with Crippen molar-refractivity contribution in [3.8, 4) is 0 Å². The van der Waals surface area contributed by atoms with E-state index in [1.54, 1.807) is 6.08 Å². The number of nitrogens with two attached hydrogens (primary N) is 1. The molecule has 0 aromatic carbocycles. The van der Waals surface area contributed by atoms with Crippen LogP contribution in [0.1, 0.15) is 32.6 Å². The minimum absolute atomic E-state index is 0.180. The molecule has 0 aromatic rings. The normalized spacial score (nSPS) is 16.3. The summed E-state index contributed by atoms with van der Waals surface area (Å²) in [7, 11) is 0. The van der Waals surface area contributed by atoms with Gasteiger partial charge in [0.15, 0.2) is 0 Å². The molecule has 0 aliphatic rings. The summed E-state index contributed by atoms with van der Waals surface area (Å²) in [6, 6.07) is -0.553. The van der Waals surface area contributed by atoms with Gasteiger partial charge in [-0.05, 0) is 12.8 Å². The van der Waals surface area contributed by atoms with Crippen molar-refractivity contribution in [3.05, 3.63) is 12.2 Å². The Morgan fingerprint density at radius 1 is 1.38 bits per heavy atom. The largest absolute Gasteiger partial charge is 0.395 e. The lowest BCUT2D eigenvalue weighted by Crippen LogP contribution is -2.36. The number of aliphatic hydroxyl groups excluding tert-OH is 2. The van der Waals surface area contributed by atoms with Crippen molar-refractivity contribution in [1.29, 1.82) is 0 Å². The van der Waals surface area contributed by atoms with Crippen molar-refractivity contribution < 1.29 is 10.2 Å². The molecule has 3 nitrogen and oxygen atoms in total. The second-order valence-electron chi connectivity index (χ2n) is 3.26. The SMILES string of the molecule is CCCCCC=CC(O)C(N)CO. The second-order valence-corrected chi connectivity index (χ2v) is 3.26. The number of allylic oxidation sites excluding steroid dienone is 1. The predicted molar refractivity (Wildman–Crippen MR) is 54.4 cm³/mol. The molecule has 2 unspecified atom stereocenters. The Labute approximate surface area is 80.3 Å². The zero-order valence-corrected chi connectivity index (χ0v) is 8.32. The lowest BCUT2D eigenvalue weighted by Gasteiger charge is -2.11. The van der Waals surface area contributed by atoms with Crippen LogP contribution >= 0.6 is 0 Å². The van der Waals surface area contributed by atoms with Crippen LogP contribution in [0.25, 0.3) is 0 Å². The summed E-state index contributed by atoms with van der Waals surface area (Å²) in [5, 5.41) is 17.9. The summed E-state index contributed by atoms with van der Waals surface area (Å²) < 4.78 is 0. The maximum Gasteiger partial charge on any atom is 0.0894 e. The first-order valence-corrected chi connectivity index (χ1v) is 4.93. The summed E-state index contributed by atoms with van der Waals surface area (Å²) in [6.45, 7) is 1.97. The van der Waals surface area contributed by atoms with Crippen LogP contribution in [-0.2, 0) is 0 Å². The van der Waals surface area contributed by atoms with E-state index in [0.29, 0.717) is 0 Å². The van der Waals surface area contributed by atoms with Crippen LogP contribution < -0.4 is 5.73 Å². The predicted octanol–water partition coefficient (Wildman–Crippen LogP) is 0.803. The van der Waals surface area contributed by atoms with Gasteiger partial charge >= 0.3 is 0 Å². The van der Waals surface area contributed by atoms with E-state index in [1.807, 2.05) is 6.08 Å². The Morgan fingerprint density at radius 3 is 2.62 bits per heavy atom. The van der Waals surface area contributed by atoms with E-state index in [9.17, 15) is 5.11 Å². The fraction of sp³-hybridized carbons (Fsp3) is 0.800. The van der Waals surface area contributed by atoms with Crippen LogP contribution in [0.5, 0.6) is 0 Å². The van der Waals surface area contributed by atoms with Gasteiger partial charge < -0.3 is 15.9 Å². The Kier molecular flexibility index (Phi) is 7.99. The van der Waals surface area contributed by atoms with Gasteiger partial charge in [0.2, 0.25) is 0 Å². The molecule has 0 heterocycles. The van der Waals surface area contributed by atoms with E-state index < -0.39 is 12.1 Å². The van der Waals surface area contributed by atoms with Gasteiger partial charge in [-0.3, -0.25) is 0 Å². The van der Waals surface area contributed by atoms with Gasteiger partial charge in [-0.1, -0.05) is 31.9 Å². The molecule has 78 valence electrons. The molecule has 0 amide bonds. The van der Waals surface area contributed by atoms with Gasteiger partial charge in [0, 0.05) is 0 Å². The van der Waals surface area contributed by atoms with Crippen molar-refractivity contribution in [1.82, 2.24) is 0 Å². The Bertz CT molecular complexity index is 137. The summed E-state index contributed by atoms with van der Waals surface area (Å²) in [5.74, 6) is 0. The maximum absolute atomic E-state index is 9.30. The number of unbranched alkanes of at least 4 members (excludes halogenated alkanes) is 3. The van der Waals surface area contributed by atoms with Gasteiger partial charge in [-0.25, -0.2) is 0 Å². The van der Waals surface area contributed by atoms with E-state index in [1.165, 1.54) is 12.8 Å². The summed E-state index contributed by atoms with van der Waals surface area (Å²) in [4.78, 5) is 0. The van der Waals surface area contributed by atoms with Crippen LogP contribution in [0.4, 0.5) is 0 Å². The van der Waals surface area contributed by atoms with Crippen LogP contribution in [0.15, 0.2) is 12.2 Å². The number of hydrogen-bond donors (Lipinski definition) is 3. The first kappa shape index (κ1) is 12.6. The second kappa shape index (κ2) is 8.23. The minimum atomic E-state index is -0.716. The summed E-state index contributed by atoms with van der Waals surface area (Å²) >= 11 is 0. The van der Waals surface area contributed by atoms with Crippen molar-refractivity contribution >= 4 is 0 Å². The molecule has 0 bridgehead atoms. The average molecular weight is 187 g/mol. The highest BCUT2D eigenvalue weighted by Crippen LogP contribution is 2.01. The quantitative estimate of drug-likeness (QED) is 0.408. The van der Waals surface area contributed by atoms with Crippen LogP contribution in [0.2, 0.25) is 0 Å². The highest BCUT2D eigenvalue weighted by Gasteiger charge is 2.08. The number of hydrogen-bond acceptors (Lipinski definition) is 3. The third kappa shape index (κ3) is 6.75. The van der Waals surface area contributed by atoms with E-state index in [2.05, 4.69) is 6.92 Å². The minimum Gasteiger partial charge on any atom is -0.395 e. The molecule has 4 N–H and O–H groups in total. The van der Waals surface area contributed by atoms with E-state index in [4.69, 9.17) is 10.8 Å². The third-order valence-corrected chi connectivity index (χ3v) is 1.96. The first-order valence-electron chi connectivity index (χ1n) is 4.93. The lowest BCUT2D eigenvalue weighted by molar-refractivity contribution is 0.144.